The number of carboxylic acid groups (broad SMARTS) is 1. The van der Waals surface area contributed by atoms with Gasteiger partial charge in [0.25, 0.3) is 0 Å². The molecule has 1 aliphatic heterocycles. The van der Waals surface area contributed by atoms with E-state index in [0.29, 0.717) is 12.8 Å². The van der Waals surface area contributed by atoms with Crippen molar-refractivity contribution in [3.63, 3.8) is 0 Å². The maximum Gasteiger partial charge on any atom is 0.397 e. The van der Waals surface area contributed by atoms with Crippen molar-refractivity contribution in [2.24, 2.45) is 40.4 Å². The van der Waals surface area contributed by atoms with E-state index < -0.39 is 99.0 Å². The maximum atomic E-state index is 12.9. The van der Waals surface area contributed by atoms with Crippen LogP contribution in [0.5, 0.6) is 0 Å². The summed E-state index contributed by atoms with van der Waals surface area (Å²) in [5.41, 5.74) is -0.319. The number of aliphatic hydroxyl groups excluding tert-OH is 2. The highest BCUT2D eigenvalue weighted by Crippen LogP contribution is 2.70. The van der Waals surface area contributed by atoms with Gasteiger partial charge in [0.2, 0.25) is 0 Å². The Labute approximate surface area is 280 Å². The number of ether oxygens (including phenoxy) is 3. The Morgan fingerprint density at radius 3 is 2.25 bits per heavy atom. The number of aliphatic carboxylic acids is 1. The molecule has 2 bridgehead atoms. The van der Waals surface area contributed by atoms with Crippen LogP contribution in [-0.4, -0.2) is 103 Å². The summed E-state index contributed by atoms with van der Waals surface area (Å²) in [5.74, 6) is -3.25. The molecule has 0 amide bonds. The molecule has 5 rings (SSSR count). The Kier molecular flexibility index (Phi) is 10.5. The number of carbonyl (C=O) groups excluding carboxylic acids is 1. The number of carboxylic acids is 1. The topological polar surface area (TPSA) is 250 Å². The fourth-order valence-electron chi connectivity index (χ4n) is 9.82. The van der Waals surface area contributed by atoms with Gasteiger partial charge in [-0.15, -0.1) is 0 Å². The quantitative estimate of drug-likeness (QED) is 0.0879. The Balaban J connectivity index is 1.51. The van der Waals surface area contributed by atoms with Gasteiger partial charge in [-0.1, -0.05) is 27.4 Å². The van der Waals surface area contributed by atoms with Gasteiger partial charge in [-0.05, 0) is 79.6 Å². The second-order valence-corrected chi connectivity index (χ2v) is 16.9. The Hall–Kier alpha value is -1.74. The number of hydrogen-bond donors (Lipinski definition) is 5. The summed E-state index contributed by atoms with van der Waals surface area (Å²) in [5, 5.41) is 32.0. The van der Waals surface area contributed by atoms with Crippen molar-refractivity contribution in [3.05, 3.63) is 12.2 Å². The third kappa shape index (κ3) is 7.20. The molecule has 48 heavy (non-hydrogen) atoms. The summed E-state index contributed by atoms with van der Waals surface area (Å²) in [6.45, 7) is 8.52. The molecule has 4 saturated carbocycles. The molecule has 1 saturated heterocycles. The summed E-state index contributed by atoms with van der Waals surface area (Å²) in [4.78, 5) is 25.7. The van der Waals surface area contributed by atoms with E-state index in [2.05, 4.69) is 10.8 Å². The minimum Gasteiger partial charge on any atom is -0.481 e. The Morgan fingerprint density at radius 1 is 1.02 bits per heavy atom. The van der Waals surface area contributed by atoms with Crippen LogP contribution in [0.2, 0.25) is 0 Å². The van der Waals surface area contributed by atoms with Crippen LogP contribution in [-0.2, 0) is 53.0 Å². The molecule has 0 aromatic rings. The molecule has 5 fully saturated rings. The lowest BCUT2D eigenvalue weighted by molar-refractivity contribution is -0.316. The van der Waals surface area contributed by atoms with Crippen molar-refractivity contribution in [1.82, 2.24) is 0 Å². The van der Waals surface area contributed by atoms with Gasteiger partial charge < -0.3 is 29.5 Å². The number of hydrogen-bond acceptors (Lipinski definition) is 13. The van der Waals surface area contributed by atoms with E-state index in [-0.39, 0.29) is 42.9 Å². The zero-order valence-electron chi connectivity index (χ0n) is 27.0. The zero-order chi connectivity index (χ0) is 35.6. The summed E-state index contributed by atoms with van der Waals surface area (Å²) < 4.78 is 93.5. The first-order valence-corrected chi connectivity index (χ1v) is 18.9. The average molecular weight is 727 g/mol. The second kappa shape index (κ2) is 13.4. The smallest absolute Gasteiger partial charge is 0.397 e. The molecule has 16 nitrogen and oxygen atoms in total. The molecule has 2 unspecified atom stereocenters. The summed E-state index contributed by atoms with van der Waals surface area (Å²) in [6, 6.07) is 0. The lowest BCUT2D eigenvalue weighted by Crippen LogP contribution is -2.64. The van der Waals surface area contributed by atoms with E-state index >= 15 is 0 Å². The van der Waals surface area contributed by atoms with Gasteiger partial charge in [0.15, 0.2) is 18.5 Å². The summed E-state index contributed by atoms with van der Waals surface area (Å²) >= 11 is 0. The van der Waals surface area contributed by atoms with Crippen molar-refractivity contribution < 1.29 is 73.4 Å². The summed E-state index contributed by atoms with van der Waals surface area (Å²) in [7, 11) is -10.8. The fraction of sp³-hybridized carbons (Fsp3) is 0.867. The second-order valence-electron chi connectivity index (χ2n) is 14.8. The zero-order valence-corrected chi connectivity index (χ0v) is 28.7. The van der Waals surface area contributed by atoms with Crippen LogP contribution in [0.4, 0.5) is 0 Å². The third-order valence-corrected chi connectivity index (χ3v) is 12.4. The predicted octanol–water partition coefficient (Wildman–Crippen LogP) is 1.67. The fourth-order valence-corrected chi connectivity index (χ4v) is 10.8. The highest BCUT2D eigenvalue weighted by atomic mass is 32.3. The standard InChI is InChI=1S/C30H46O16S2/c1-14(2)9-22(32)44-25-24(46-48(39,40)41)23(45-47(36,37)38)20(13-31)43-28(25)42-17-10-18(27(34)35)19-7-8-30-11-16(15(3)26(30)33)5-6-21(30)29(19,4)12-17/h14,16-21,23-26,28,31,33H,3,5-13H2,1-2,4H3,(H,34,35)(H,36,37,38)(H,39,40,41)/t16-,17-,18-,19-,20?,21+,23-,24-,25?,26+,28-,29-,30-/m1/s1. The molecule has 0 radical (unpaired) electrons. The molecule has 1 spiro atoms. The van der Waals surface area contributed by atoms with E-state index in [9.17, 15) is 50.8 Å². The minimum atomic E-state index is -5.42. The molecule has 0 aromatic carbocycles. The number of rotatable bonds is 11. The van der Waals surface area contributed by atoms with Gasteiger partial charge in [0.1, 0.15) is 12.2 Å². The molecule has 274 valence electrons. The number of esters is 1. The molecule has 4 aliphatic carbocycles. The van der Waals surface area contributed by atoms with Crippen LogP contribution >= 0.6 is 0 Å². The van der Waals surface area contributed by atoms with Gasteiger partial charge in [-0.2, -0.15) is 16.8 Å². The van der Waals surface area contributed by atoms with Gasteiger partial charge in [0.05, 0.1) is 24.7 Å². The molecule has 1 heterocycles. The van der Waals surface area contributed by atoms with E-state index in [0.717, 1.165) is 24.8 Å². The van der Waals surface area contributed by atoms with Gasteiger partial charge in [-0.25, -0.2) is 8.37 Å². The first-order valence-electron chi connectivity index (χ1n) is 16.2. The monoisotopic (exact) mass is 726 g/mol. The lowest BCUT2D eigenvalue weighted by atomic mass is 9.43. The first-order chi connectivity index (χ1) is 22.2. The highest BCUT2D eigenvalue weighted by Gasteiger charge is 2.67. The maximum absolute atomic E-state index is 12.9. The molecule has 18 heteroatoms. The van der Waals surface area contributed by atoms with Crippen LogP contribution in [0.15, 0.2) is 12.2 Å². The van der Waals surface area contributed by atoms with E-state index in [1.807, 2.05) is 6.92 Å². The van der Waals surface area contributed by atoms with Gasteiger partial charge in [-0.3, -0.25) is 18.7 Å². The highest BCUT2D eigenvalue weighted by molar-refractivity contribution is 7.81. The van der Waals surface area contributed by atoms with Crippen LogP contribution in [0, 0.1) is 40.4 Å². The van der Waals surface area contributed by atoms with E-state index in [4.69, 9.17) is 18.4 Å². The molecule has 5 aliphatic rings. The van der Waals surface area contributed by atoms with Crippen LogP contribution in [0.25, 0.3) is 0 Å². The third-order valence-electron chi connectivity index (χ3n) is 11.5. The largest absolute Gasteiger partial charge is 0.481 e. The average Bonchev–Trinajstić information content (AvgIpc) is 3.12. The number of aliphatic hydroxyl groups is 2. The number of fused-ring (bicyclic) bond motifs is 3. The van der Waals surface area contributed by atoms with Crippen molar-refractivity contribution in [2.45, 2.75) is 115 Å². The van der Waals surface area contributed by atoms with Crippen LogP contribution in [0.3, 0.4) is 0 Å². The minimum absolute atomic E-state index is 0.0156. The predicted molar refractivity (Wildman–Crippen MR) is 162 cm³/mol. The molecular formula is C30H46O16S2. The van der Waals surface area contributed by atoms with Crippen molar-refractivity contribution >= 4 is 32.7 Å². The van der Waals surface area contributed by atoms with Crippen molar-refractivity contribution in [2.75, 3.05) is 6.61 Å². The van der Waals surface area contributed by atoms with E-state index in [1.54, 1.807) is 13.8 Å². The van der Waals surface area contributed by atoms with E-state index in [1.165, 1.54) is 0 Å². The van der Waals surface area contributed by atoms with Gasteiger partial charge >= 0.3 is 32.7 Å². The first kappa shape index (κ1) is 37.5. The van der Waals surface area contributed by atoms with Crippen molar-refractivity contribution in [3.8, 4) is 0 Å². The van der Waals surface area contributed by atoms with Gasteiger partial charge in [0, 0.05) is 11.8 Å². The Morgan fingerprint density at radius 2 is 1.67 bits per heavy atom. The normalized spacial score (nSPS) is 43.0. The van der Waals surface area contributed by atoms with Crippen molar-refractivity contribution in [1.29, 1.82) is 0 Å². The van der Waals surface area contributed by atoms with Crippen LogP contribution in [0.1, 0.15) is 72.1 Å². The molecular weight excluding hydrogens is 680 g/mol. The molecule has 5 N–H and O–H groups in total. The molecule has 13 atom stereocenters. The molecule has 0 aromatic heterocycles. The summed E-state index contributed by atoms with van der Waals surface area (Å²) in [6.07, 6.45) is -7.93. The SMILES string of the molecule is C=C1[C@@H]2CC[C@H]3[C@]4(C)C[C@H](O[C@@H]5OC(CO)[C@@H](OS(=O)(=O)O)[C@@H](OS(=O)(=O)O)C5OC(=O)CC(C)C)C[C@@H](C(=O)O)[C@H]4CC[C@]3(C2)[C@H]1O. The Bertz CT molecular complexity index is 1480. The lowest BCUT2D eigenvalue weighted by Gasteiger charge is -2.62. The number of carbonyl (C=O) groups is 2. The van der Waals surface area contributed by atoms with Crippen LogP contribution < -0.4 is 0 Å².